The molecule has 0 aliphatic heterocycles. The summed E-state index contributed by atoms with van der Waals surface area (Å²) in [5.74, 6) is 0.244. The van der Waals surface area contributed by atoms with Crippen LogP contribution < -0.4 is 0 Å². The highest BCUT2D eigenvalue weighted by Gasteiger charge is 2.29. The molecule has 0 N–H and O–H groups in total. The molecule has 2 atom stereocenters. The largest absolute Gasteiger partial charge is 0.389 e. The quantitative estimate of drug-likeness (QED) is 0.235. The van der Waals surface area contributed by atoms with Crippen molar-refractivity contribution in [3.63, 3.8) is 0 Å². The number of hydrogen-bond donors (Lipinski definition) is 0. The van der Waals surface area contributed by atoms with E-state index in [1.54, 1.807) is 41.5 Å². The van der Waals surface area contributed by atoms with Gasteiger partial charge in [0.2, 0.25) is 0 Å². The van der Waals surface area contributed by atoms with Gasteiger partial charge in [-0.15, -0.1) is 0 Å². The van der Waals surface area contributed by atoms with E-state index in [0.717, 1.165) is 31.6 Å². The standard InChI is InChI=1S/C7H14.2C6H11F3.C6H12.C6H14.3C4H10.C3H8.C2H6/c1-7-5-3-2-4-6-7;2*1-3-5(2)4-6(7,8)9;1-6-4-2-3-5-6;1-5-6(2,3)4;1-4(2)3;2*1-3-4-2;1-3-2;1-2/h7H,2-6H2,1H3;2*5H,3-4H2,1-2H3;6H,2-5H2,1H3;5H2,1-4H3;4H,1-3H3;2*3-4H2,1-2H3;3H2,1-2H3;1-2H3/t;2*5-;;;;;;;/m.00......./s1/i7D;;;6D;5D2;;3D2;;;. The molecule has 340 valence electrons. The SMILES string of the molecule is CC.CC(C)C.CCC.CCCC.CC[C@H](C)CC(F)(F)F.CC[C@H](C)CC(F)(F)F.[2H]C([2H])(C)C(C)(C)C.[2H]C([2H])(C)CC.[2H]C1(C)CCCC1.[2H]C1(C)CCCCC1. The monoisotopic (exact) mass is 803 g/mol. The van der Waals surface area contributed by atoms with Crippen molar-refractivity contribution in [3.8, 4) is 0 Å². The first-order chi connectivity index (χ1) is 26.7. The van der Waals surface area contributed by atoms with E-state index in [4.69, 9.17) is 8.22 Å². The lowest BCUT2D eigenvalue weighted by Gasteiger charge is -2.15. The maximum atomic E-state index is 11.5. The highest BCUT2D eigenvalue weighted by Crippen LogP contribution is 2.27. The Kier molecular flexibility index (Phi) is 54.2. The molecule has 0 aromatic rings. The summed E-state index contributed by atoms with van der Waals surface area (Å²) in [6.45, 7) is 40.6. The average Bonchev–Trinajstić information content (AvgIpc) is 3.48. The molecule has 0 radical (unpaired) electrons. The van der Waals surface area contributed by atoms with Crippen LogP contribution in [-0.4, -0.2) is 12.4 Å². The first-order valence-electron chi connectivity index (χ1n) is 24.8. The molecular formula is C48H106F6. The minimum atomic E-state index is -3.98. The molecule has 0 amide bonds. The van der Waals surface area contributed by atoms with Crippen molar-refractivity contribution in [2.45, 2.75) is 280 Å². The van der Waals surface area contributed by atoms with E-state index in [9.17, 15) is 26.3 Å². The van der Waals surface area contributed by atoms with Crippen molar-refractivity contribution in [3.05, 3.63) is 0 Å². The van der Waals surface area contributed by atoms with E-state index in [1.165, 1.54) is 51.4 Å². The lowest BCUT2D eigenvalue weighted by atomic mass is 9.91. The molecule has 2 fully saturated rings. The molecule has 0 nitrogen and oxygen atoms in total. The van der Waals surface area contributed by atoms with Gasteiger partial charge in [0.15, 0.2) is 0 Å². The Morgan fingerprint density at radius 2 is 0.741 bits per heavy atom. The van der Waals surface area contributed by atoms with Gasteiger partial charge in [-0.05, 0) is 35.0 Å². The molecule has 0 bridgehead atoms. The van der Waals surface area contributed by atoms with Crippen LogP contribution in [0.25, 0.3) is 0 Å². The zero-order valence-electron chi connectivity index (χ0n) is 46.5. The fourth-order valence-electron chi connectivity index (χ4n) is 3.21. The molecule has 2 aliphatic carbocycles. The molecule has 0 aromatic heterocycles. The smallest absolute Gasteiger partial charge is 0.171 e. The van der Waals surface area contributed by atoms with Crippen LogP contribution >= 0.6 is 0 Å². The highest BCUT2D eigenvalue weighted by molar-refractivity contribution is 4.61. The predicted octanol–water partition coefficient (Wildman–Crippen LogP) is 20.9. The zero-order valence-corrected chi connectivity index (χ0v) is 40.5. The van der Waals surface area contributed by atoms with Gasteiger partial charge < -0.3 is 0 Å². The molecule has 2 saturated carbocycles. The predicted molar refractivity (Wildman–Crippen MR) is 239 cm³/mol. The van der Waals surface area contributed by atoms with E-state index < -0.39 is 37.9 Å². The van der Waals surface area contributed by atoms with Crippen molar-refractivity contribution >= 4 is 0 Å². The number of hydrogen-bond acceptors (Lipinski definition) is 0. The van der Waals surface area contributed by atoms with Crippen LogP contribution in [0.5, 0.6) is 0 Å². The van der Waals surface area contributed by atoms with E-state index in [2.05, 4.69) is 48.5 Å². The fourth-order valence-corrected chi connectivity index (χ4v) is 3.21. The van der Waals surface area contributed by atoms with Crippen molar-refractivity contribution in [2.75, 3.05) is 0 Å². The summed E-state index contributed by atoms with van der Waals surface area (Å²) in [6, 6.07) is 0. The van der Waals surface area contributed by atoms with Gasteiger partial charge in [0, 0.05) is 21.1 Å². The van der Waals surface area contributed by atoms with Gasteiger partial charge in [-0.3, -0.25) is 0 Å². The van der Waals surface area contributed by atoms with Gasteiger partial charge in [0.25, 0.3) is 0 Å². The first-order valence-corrected chi connectivity index (χ1v) is 21.8. The summed E-state index contributed by atoms with van der Waals surface area (Å²) in [4.78, 5) is 0. The molecule has 0 heterocycles. The van der Waals surface area contributed by atoms with Crippen molar-refractivity contribution < 1.29 is 34.6 Å². The maximum Gasteiger partial charge on any atom is 0.389 e. The van der Waals surface area contributed by atoms with Gasteiger partial charge in [-0.25, -0.2) is 0 Å². The summed E-state index contributed by atoms with van der Waals surface area (Å²) in [6.07, 6.45) is 5.35. The fraction of sp³-hybridized carbons (Fsp3) is 1.00. The first kappa shape index (κ1) is 55.7. The summed E-state index contributed by atoms with van der Waals surface area (Å²) in [7, 11) is 0. The third-order valence-corrected chi connectivity index (χ3v) is 7.32. The van der Waals surface area contributed by atoms with Crippen molar-refractivity contribution in [1.82, 2.24) is 0 Å². The van der Waals surface area contributed by atoms with Crippen LogP contribution in [0, 0.1) is 35.0 Å². The van der Waals surface area contributed by atoms with Gasteiger partial charge in [-0.2, -0.15) is 26.3 Å². The molecule has 0 aromatic carbocycles. The molecule has 2 rings (SSSR count). The minimum Gasteiger partial charge on any atom is -0.171 e. The van der Waals surface area contributed by atoms with E-state index in [-0.39, 0.29) is 29.0 Å². The average molecular weight is 803 g/mol. The van der Waals surface area contributed by atoms with Gasteiger partial charge >= 0.3 is 12.4 Å². The Balaban J connectivity index is -0.0000000855. The lowest BCUT2D eigenvalue weighted by molar-refractivity contribution is -0.144. The van der Waals surface area contributed by atoms with Crippen LogP contribution in [0.4, 0.5) is 26.3 Å². The maximum absolute atomic E-state index is 11.5. The molecule has 54 heavy (non-hydrogen) atoms. The van der Waals surface area contributed by atoms with Crippen LogP contribution in [0.15, 0.2) is 0 Å². The Labute approximate surface area is 348 Å². The highest BCUT2D eigenvalue weighted by atomic mass is 19.4. The number of unbranched alkanes of at least 4 members (excludes halogenated alkanes) is 1. The molecule has 0 saturated heterocycles. The topological polar surface area (TPSA) is 0 Å². The molecule has 0 unspecified atom stereocenters. The van der Waals surface area contributed by atoms with Gasteiger partial charge in [-0.1, -0.05) is 254 Å². The Hall–Kier alpha value is -0.420. The van der Waals surface area contributed by atoms with E-state index in [0.29, 0.717) is 19.3 Å². The second-order valence-corrected chi connectivity index (χ2v) is 16.0. The van der Waals surface area contributed by atoms with Crippen LogP contribution in [0.2, 0.25) is 0 Å². The number of alkyl halides is 6. The molecular weight excluding hydrogens is 691 g/mol. The summed E-state index contributed by atoms with van der Waals surface area (Å²) in [5.41, 5.74) is -0.229. The molecule has 6 heteroatoms. The Bertz CT molecular complexity index is 771. The summed E-state index contributed by atoms with van der Waals surface area (Å²) >= 11 is 0. The Morgan fingerprint density at radius 1 is 0.537 bits per heavy atom. The van der Waals surface area contributed by atoms with Crippen molar-refractivity contribution in [2.24, 2.45) is 35.0 Å². The van der Waals surface area contributed by atoms with Crippen LogP contribution in [0.3, 0.4) is 0 Å². The molecule has 0 spiro atoms. The lowest BCUT2D eigenvalue weighted by Crippen LogP contribution is -2.12. The second-order valence-electron chi connectivity index (χ2n) is 16.0. The third-order valence-electron chi connectivity index (χ3n) is 7.32. The van der Waals surface area contributed by atoms with Gasteiger partial charge in [0.05, 0.1) is 0 Å². The van der Waals surface area contributed by atoms with Crippen LogP contribution in [0.1, 0.15) is 276 Å². The van der Waals surface area contributed by atoms with Crippen molar-refractivity contribution in [1.29, 1.82) is 0 Å². The Morgan fingerprint density at radius 3 is 0.815 bits per heavy atom. The molecule has 2 aliphatic rings. The van der Waals surface area contributed by atoms with E-state index in [1.807, 2.05) is 55.4 Å². The zero-order chi connectivity index (χ0) is 50.3. The normalized spacial score (nSPS) is 18.2. The third kappa shape index (κ3) is 117. The second kappa shape index (κ2) is 52.6. The number of rotatable bonds is 6. The minimum absolute atomic E-state index is 0.0556. The summed E-state index contributed by atoms with van der Waals surface area (Å²) < 4.78 is 112. The van der Waals surface area contributed by atoms with Gasteiger partial charge in [0.1, 0.15) is 0 Å². The summed E-state index contributed by atoms with van der Waals surface area (Å²) in [5, 5.41) is 0. The van der Waals surface area contributed by atoms with Crippen LogP contribution in [-0.2, 0) is 0 Å². The van der Waals surface area contributed by atoms with E-state index >= 15 is 0 Å². The number of halogens is 6.